The number of hydrogen-bond acceptors (Lipinski definition) is 3. The summed E-state index contributed by atoms with van der Waals surface area (Å²) in [5.41, 5.74) is 2.47. The zero-order chi connectivity index (χ0) is 16.8. The summed E-state index contributed by atoms with van der Waals surface area (Å²) in [6.45, 7) is 5.77. The number of carbonyl (C=O) groups excluding carboxylic acids is 1. The van der Waals surface area contributed by atoms with E-state index in [0.717, 1.165) is 31.9 Å². The van der Waals surface area contributed by atoms with Crippen molar-refractivity contribution >= 4 is 5.91 Å². The molecule has 1 aromatic heterocycles. The van der Waals surface area contributed by atoms with E-state index in [9.17, 15) is 4.79 Å². The standard InChI is InChI=1S/C20H26N2O2/c1-2-20(23)21-13-16-7-5-11-22(14-16)15-17-8-3-4-9-18(17)19-10-6-12-24-19/h3-4,6,8-10,12,16H,2,5,7,11,13-15H2,1H3,(H,21,23)/t16-/m0/s1. The summed E-state index contributed by atoms with van der Waals surface area (Å²) in [7, 11) is 0. The van der Waals surface area contributed by atoms with Crippen LogP contribution in [0.4, 0.5) is 0 Å². The van der Waals surface area contributed by atoms with Crippen molar-refractivity contribution in [3.8, 4) is 11.3 Å². The minimum absolute atomic E-state index is 0.148. The number of benzene rings is 1. The molecule has 1 aliphatic rings. The molecule has 1 aliphatic heterocycles. The zero-order valence-electron chi connectivity index (χ0n) is 14.3. The van der Waals surface area contributed by atoms with Gasteiger partial charge in [-0.1, -0.05) is 31.2 Å². The molecule has 1 saturated heterocycles. The molecule has 24 heavy (non-hydrogen) atoms. The van der Waals surface area contributed by atoms with Gasteiger partial charge in [-0.15, -0.1) is 0 Å². The first-order chi connectivity index (χ1) is 11.8. The molecule has 0 radical (unpaired) electrons. The molecule has 0 saturated carbocycles. The molecule has 4 nitrogen and oxygen atoms in total. The Balaban J connectivity index is 1.63. The average Bonchev–Trinajstić information content (AvgIpc) is 3.15. The van der Waals surface area contributed by atoms with Gasteiger partial charge in [0, 0.05) is 31.6 Å². The highest BCUT2D eigenvalue weighted by Crippen LogP contribution is 2.26. The van der Waals surface area contributed by atoms with Crippen LogP contribution in [0.25, 0.3) is 11.3 Å². The molecule has 2 heterocycles. The maximum Gasteiger partial charge on any atom is 0.219 e. The van der Waals surface area contributed by atoms with Crippen molar-refractivity contribution in [2.24, 2.45) is 5.92 Å². The van der Waals surface area contributed by atoms with Crippen LogP contribution in [0.1, 0.15) is 31.7 Å². The quantitative estimate of drug-likeness (QED) is 0.880. The van der Waals surface area contributed by atoms with Crippen molar-refractivity contribution in [3.05, 3.63) is 48.2 Å². The lowest BCUT2D eigenvalue weighted by Gasteiger charge is -2.33. The molecule has 1 aromatic carbocycles. The van der Waals surface area contributed by atoms with Gasteiger partial charge in [0.25, 0.3) is 0 Å². The number of nitrogens with one attached hydrogen (secondary N) is 1. The van der Waals surface area contributed by atoms with Crippen molar-refractivity contribution in [1.82, 2.24) is 10.2 Å². The van der Waals surface area contributed by atoms with E-state index in [1.165, 1.54) is 24.0 Å². The van der Waals surface area contributed by atoms with Gasteiger partial charge in [0.2, 0.25) is 5.91 Å². The maximum absolute atomic E-state index is 11.5. The summed E-state index contributed by atoms with van der Waals surface area (Å²) in [6.07, 6.45) is 4.67. The van der Waals surface area contributed by atoms with Crippen LogP contribution in [0.15, 0.2) is 47.1 Å². The van der Waals surface area contributed by atoms with E-state index in [-0.39, 0.29) is 5.91 Å². The lowest BCUT2D eigenvalue weighted by atomic mass is 9.96. The average molecular weight is 326 g/mol. The Labute approximate surface area is 143 Å². The molecule has 1 N–H and O–H groups in total. The Hall–Kier alpha value is -2.07. The first-order valence-corrected chi connectivity index (χ1v) is 8.87. The van der Waals surface area contributed by atoms with Crippen molar-refractivity contribution in [3.63, 3.8) is 0 Å². The van der Waals surface area contributed by atoms with E-state index in [1.807, 2.05) is 19.1 Å². The van der Waals surface area contributed by atoms with Crippen molar-refractivity contribution < 1.29 is 9.21 Å². The summed E-state index contributed by atoms with van der Waals surface area (Å²) in [5.74, 6) is 1.62. The molecular formula is C20H26N2O2. The third-order valence-electron chi connectivity index (χ3n) is 4.71. The number of carbonyl (C=O) groups is 1. The predicted octanol–water partition coefficient (Wildman–Crippen LogP) is 3.68. The number of rotatable bonds is 6. The SMILES string of the molecule is CCC(=O)NC[C@@H]1CCCN(Cc2ccccc2-c2ccco2)C1. The molecule has 1 fully saturated rings. The number of nitrogens with zero attached hydrogens (tertiary/aromatic N) is 1. The Morgan fingerprint density at radius 2 is 2.17 bits per heavy atom. The molecule has 2 aromatic rings. The first-order valence-electron chi connectivity index (χ1n) is 8.87. The number of amides is 1. The van der Waals surface area contributed by atoms with E-state index in [2.05, 4.69) is 34.5 Å². The summed E-state index contributed by atoms with van der Waals surface area (Å²) >= 11 is 0. The molecule has 0 bridgehead atoms. The highest BCUT2D eigenvalue weighted by molar-refractivity contribution is 5.75. The third-order valence-corrected chi connectivity index (χ3v) is 4.71. The van der Waals surface area contributed by atoms with Crippen molar-refractivity contribution in [2.45, 2.75) is 32.7 Å². The highest BCUT2D eigenvalue weighted by Gasteiger charge is 2.21. The van der Waals surface area contributed by atoms with Gasteiger partial charge in [-0.25, -0.2) is 0 Å². The topological polar surface area (TPSA) is 45.5 Å². The molecule has 1 atom stereocenters. The molecular weight excluding hydrogens is 300 g/mol. The monoisotopic (exact) mass is 326 g/mol. The van der Waals surface area contributed by atoms with Crippen LogP contribution in [-0.4, -0.2) is 30.4 Å². The van der Waals surface area contributed by atoms with Gasteiger partial charge in [-0.05, 0) is 43.0 Å². The second-order valence-corrected chi connectivity index (χ2v) is 6.54. The van der Waals surface area contributed by atoms with Crippen molar-refractivity contribution in [2.75, 3.05) is 19.6 Å². The summed E-state index contributed by atoms with van der Waals surface area (Å²) in [4.78, 5) is 14.0. The lowest BCUT2D eigenvalue weighted by Crippen LogP contribution is -2.40. The molecule has 0 spiro atoms. The molecule has 0 aliphatic carbocycles. The molecule has 4 heteroatoms. The molecule has 128 valence electrons. The normalized spacial score (nSPS) is 18.5. The Morgan fingerprint density at radius 3 is 2.96 bits per heavy atom. The smallest absolute Gasteiger partial charge is 0.219 e. The Bertz CT molecular complexity index is 651. The van der Waals surface area contributed by atoms with Gasteiger partial charge in [-0.3, -0.25) is 9.69 Å². The number of piperidine rings is 1. The molecule has 0 unspecified atom stereocenters. The summed E-state index contributed by atoms with van der Waals surface area (Å²) < 4.78 is 5.58. The fourth-order valence-electron chi connectivity index (χ4n) is 3.42. The van der Waals surface area contributed by atoms with Crippen LogP contribution in [0.5, 0.6) is 0 Å². The predicted molar refractivity (Wildman–Crippen MR) is 95.4 cm³/mol. The van der Waals surface area contributed by atoms with Crippen LogP contribution >= 0.6 is 0 Å². The maximum atomic E-state index is 11.5. The summed E-state index contributed by atoms with van der Waals surface area (Å²) in [6, 6.07) is 12.4. The number of hydrogen-bond donors (Lipinski definition) is 1. The van der Waals surface area contributed by atoms with Gasteiger partial charge in [-0.2, -0.15) is 0 Å². The van der Waals surface area contributed by atoms with Crippen LogP contribution in [-0.2, 0) is 11.3 Å². The van der Waals surface area contributed by atoms with E-state index in [4.69, 9.17) is 4.42 Å². The van der Waals surface area contributed by atoms with E-state index < -0.39 is 0 Å². The van der Waals surface area contributed by atoms with E-state index >= 15 is 0 Å². The summed E-state index contributed by atoms with van der Waals surface area (Å²) in [5, 5.41) is 3.04. The first kappa shape index (κ1) is 16.8. The highest BCUT2D eigenvalue weighted by atomic mass is 16.3. The third kappa shape index (κ3) is 4.26. The van der Waals surface area contributed by atoms with Crippen LogP contribution in [0, 0.1) is 5.92 Å². The molecule has 1 amide bonds. The lowest BCUT2D eigenvalue weighted by molar-refractivity contribution is -0.121. The fourth-order valence-corrected chi connectivity index (χ4v) is 3.42. The number of likely N-dealkylation sites (tertiary alicyclic amines) is 1. The Morgan fingerprint density at radius 1 is 1.29 bits per heavy atom. The minimum Gasteiger partial charge on any atom is -0.464 e. The van der Waals surface area contributed by atoms with Gasteiger partial charge in [0.15, 0.2) is 0 Å². The minimum atomic E-state index is 0.148. The second kappa shape index (κ2) is 8.15. The largest absolute Gasteiger partial charge is 0.464 e. The van der Waals surface area contributed by atoms with Crippen LogP contribution < -0.4 is 5.32 Å². The van der Waals surface area contributed by atoms with Gasteiger partial charge in [0.1, 0.15) is 5.76 Å². The van der Waals surface area contributed by atoms with Crippen LogP contribution in [0.2, 0.25) is 0 Å². The molecule has 3 rings (SSSR count). The van der Waals surface area contributed by atoms with Crippen LogP contribution in [0.3, 0.4) is 0 Å². The fraction of sp³-hybridized carbons (Fsp3) is 0.450. The Kier molecular flexibility index (Phi) is 5.70. The number of furan rings is 1. The second-order valence-electron chi connectivity index (χ2n) is 6.54. The van der Waals surface area contributed by atoms with Gasteiger partial charge >= 0.3 is 0 Å². The van der Waals surface area contributed by atoms with E-state index in [0.29, 0.717) is 12.3 Å². The van der Waals surface area contributed by atoms with E-state index in [1.54, 1.807) is 6.26 Å². The zero-order valence-corrected chi connectivity index (χ0v) is 14.3. The van der Waals surface area contributed by atoms with Gasteiger partial charge < -0.3 is 9.73 Å². The van der Waals surface area contributed by atoms with Gasteiger partial charge in [0.05, 0.1) is 6.26 Å². The van der Waals surface area contributed by atoms with Crippen molar-refractivity contribution in [1.29, 1.82) is 0 Å².